The monoisotopic (exact) mass is 477 g/mol. The first kappa shape index (κ1) is 23.0. The molecule has 0 bridgehead atoms. The second kappa shape index (κ2) is 11.0. The van der Waals surface area contributed by atoms with Gasteiger partial charge in [-0.05, 0) is 33.6 Å². The van der Waals surface area contributed by atoms with E-state index in [-0.39, 0.29) is 23.6 Å². The number of carbonyl (C=O) groups excluding carboxylic acids is 3. The van der Waals surface area contributed by atoms with Gasteiger partial charge in [-0.25, -0.2) is 14.4 Å². The number of rotatable bonds is 8. The van der Waals surface area contributed by atoms with E-state index in [9.17, 15) is 14.4 Å². The molecular formula is C21H20BrNO7. The van der Waals surface area contributed by atoms with Gasteiger partial charge in [0.2, 0.25) is 0 Å². The number of ether oxygens (including phenoxy) is 4. The van der Waals surface area contributed by atoms with Gasteiger partial charge < -0.3 is 24.3 Å². The zero-order valence-corrected chi connectivity index (χ0v) is 18.1. The van der Waals surface area contributed by atoms with E-state index in [1.54, 1.807) is 0 Å². The molecule has 8 nitrogen and oxygen atoms in total. The van der Waals surface area contributed by atoms with Crippen LogP contribution in [0.1, 0.15) is 15.9 Å². The molecule has 9 heteroatoms. The van der Waals surface area contributed by atoms with Gasteiger partial charge in [-0.2, -0.15) is 0 Å². The van der Waals surface area contributed by atoms with E-state index < -0.39 is 17.9 Å². The second-order valence-corrected chi connectivity index (χ2v) is 6.65. The molecule has 0 heterocycles. The first-order valence-corrected chi connectivity index (χ1v) is 9.42. The number of nitrogens with one attached hydrogen (secondary N) is 1. The van der Waals surface area contributed by atoms with E-state index in [0.29, 0.717) is 10.2 Å². The van der Waals surface area contributed by atoms with Crippen molar-refractivity contribution in [2.45, 2.75) is 6.61 Å². The van der Waals surface area contributed by atoms with Crippen LogP contribution in [0.25, 0.3) is 0 Å². The smallest absolute Gasteiger partial charge is 0.354 e. The van der Waals surface area contributed by atoms with Gasteiger partial charge in [0.1, 0.15) is 18.1 Å². The Morgan fingerprint density at radius 3 is 2.30 bits per heavy atom. The topological polar surface area (TPSA) is 100 Å². The van der Waals surface area contributed by atoms with Crippen LogP contribution in [0.3, 0.4) is 0 Å². The summed E-state index contributed by atoms with van der Waals surface area (Å²) in [6.45, 7) is 0.195. The summed E-state index contributed by atoms with van der Waals surface area (Å²) in [4.78, 5) is 35.7. The molecule has 2 rings (SSSR count). The summed E-state index contributed by atoms with van der Waals surface area (Å²) in [7, 11) is 3.63. The number of esters is 3. The highest BCUT2D eigenvalue weighted by Crippen LogP contribution is 2.36. The molecule has 0 spiro atoms. The number of hydrogen-bond donors (Lipinski definition) is 1. The van der Waals surface area contributed by atoms with Gasteiger partial charge in [0.05, 0.1) is 38.7 Å². The lowest BCUT2D eigenvalue weighted by atomic mass is 10.1. The van der Waals surface area contributed by atoms with E-state index in [4.69, 9.17) is 14.2 Å². The van der Waals surface area contributed by atoms with Crippen LogP contribution in [0.15, 0.2) is 58.7 Å². The molecule has 30 heavy (non-hydrogen) atoms. The van der Waals surface area contributed by atoms with E-state index >= 15 is 0 Å². The third-order valence-corrected chi connectivity index (χ3v) is 4.47. The second-order valence-electron chi connectivity index (χ2n) is 5.79. The SMILES string of the molecule is COC(=O)/C=C(/Nc1c(Br)cc(C(=O)OC)cc1OCc1ccccc1)C(=O)OC. The van der Waals surface area contributed by atoms with Crippen LogP contribution in [0.4, 0.5) is 5.69 Å². The fourth-order valence-electron chi connectivity index (χ4n) is 2.36. The molecular weight excluding hydrogens is 458 g/mol. The van der Waals surface area contributed by atoms with Crippen molar-refractivity contribution in [2.24, 2.45) is 0 Å². The molecule has 2 aromatic carbocycles. The number of anilines is 1. The van der Waals surface area contributed by atoms with Gasteiger partial charge in [0, 0.05) is 4.47 Å². The molecule has 0 atom stereocenters. The van der Waals surface area contributed by atoms with Crippen molar-refractivity contribution in [3.05, 3.63) is 69.8 Å². The summed E-state index contributed by atoms with van der Waals surface area (Å²) in [6, 6.07) is 12.3. The van der Waals surface area contributed by atoms with E-state index in [0.717, 1.165) is 11.6 Å². The summed E-state index contributed by atoms with van der Waals surface area (Å²) in [6.07, 6.45) is 0.952. The third kappa shape index (κ3) is 6.08. The number of hydrogen-bond acceptors (Lipinski definition) is 8. The summed E-state index contributed by atoms with van der Waals surface area (Å²) in [5, 5.41) is 2.81. The first-order valence-electron chi connectivity index (χ1n) is 8.63. The number of benzene rings is 2. The molecule has 0 aliphatic heterocycles. The predicted octanol–water partition coefficient (Wildman–Crippen LogP) is 3.46. The minimum atomic E-state index is -0.793. The number of carbonyl (C=O) groups is 3. The zero-order valence-electron chi connectivity index (χ0n) is 16.6. The Balaban J connectivity index is 2.47. The molecule has 0 aliphatic carbocycles. The highest BCUT2D eigenvalue weighted by Gasteiger charge is 2.20. The van der Waals surface area contributed by atoms with Gasteiger partial charge >= 0.3 is 17.9 Å². The van der Waals surface area contributed by atoms with Crippen LogP contribution in [-0.4, -0.2) is 39.2 Å². The maximum atomic E-state index is 12.1. The highest BCUT2D eigenvalue weighted by atomic mass is 79.9. The van der Waals surface area contributed by atoms with Crippen LogP contribution in [0.2, 0.25) is 0 Å². The number of methoxy groups -OCH3 is 3. The highest BCUT2D eigenvalue weighted by molar-refractivity contribution is 9.10. The molecule has 0 aliphatic rings. The van der Waals surface area contributed by atoms with Crippen molar-refractivity contribution < 1.29 is 33.3 Å². The van der Waals surface area contributed by atoms with Crippen molar-refractivity contribution in [3.63, 3.8) is 0 Å². The van der Waals surface area contributed by atoms with Gasteiger partial charge in [-0.1, -0.05) is 30.3 Å². The maximum absolute atomic E-state index is 12.1. The Morgan fingerprint density at radius 1 is 1.00 bits per heavy atom. The molecule has 158 valence electrons. The summed E-state index contributed by atoms with van der Waals surface area (Å²) in [5.74, 6) is -1.87. The summed E-state index contributed by atoms with van der Waals surface area (Å²) >= 11 is 3.36. The minimum absolute atomic E-state index is 0.180. The van der Waals surface area contributed by atoms with Gasteiger partial charge in [-0.15, -0.1) is 0 Å². The lowest BCUT2D eigenvalue weighted by Crippen LogP contribution is -2.16. The molecule has 0 saturated heterocycles. The molecule has 0 fully saturated rings. The van der Waals surface area contributed by atoms with E-state index in [1.165, 1.54) is 33.5 Å². The van der Waals surface area contributed by atoms with Crippen LogP contribution in [0, 0.1) is 0 Å². The maximum Gasteiger partial charge on any atom is 0.354 e. The Kier molecular flexibility index (Phi) is 8.42. The van der Waals surface area contributed by atoms with Gasteiger partial charge in [-0.3, -0.25) is 0 Å². The summed E-state index contributed by atoms with van der Waals surface area (Å²) in [5.41, 5.74) is 1.25. The largest absolute Gasteiger partial charge is 0.487 e. The average Bonchev–Trinajstić information content (AvgIpc) is 2.77. The minimum Gasteiger partial charge on any atom is -0.487 e. The fourth-order valence-corrected chi connectivity index (χ4v) is 2.90. The molecule has 0 aromatic heterocycles. The molecule has 0 amide bonds. The Morgan fingerprint density at radius 2 is 1.70 bits per heavy atom. The molecule has 2 aromatic rings. The Bertz CT molecular complexity index is 957. The van der Waals surface area contributed by atoms with Gasteiger partial charge in [0.15, 0.2) is 0 Å². The molecule has 0 unspecified atom stereocenters. The van der Waals surface area contributed by atoms with Crippen LogP contribution in [-0.2, 0) is 30.4 Å². The van der Waals surface area contributed by atoms with Crippen LogP contribution >= 0.6 is 15.9 Å². The van der Waals surface area contributed by atoms with E-state index in [1.807, 2.05) is 30.3 Å². The molecule has 0 saturated carbocycles. The van der Waals surface area contributed by atoms with Gasteiger partial charge in [0.25, 0.3) is 0 Å². The first-order chi connectivity index (χ1) is 14.4. The van der Waals surface area contributed by atoms with Crippen molar-refractivity contribution >= 4 is 39.5 Å². The lowest BCUT2D eigenvalue weighted by Gasteiger charge is -2.17. The molecule has 1 N–H and O–H groups in total. The standard InChI is InChI=1S/C21H20BrNO7/c1-27-18(24)11-16(21(26)29-3)23-19-15(22)9-14(20(25)28-2)10-17(19)30-12-13-7-5-4-6-8-13/h4-11,23H,12H2,1-3H3/b16-11+. The van der Waals surface area contributed by atoms with E-state index in [2.05, 4.69) is 26.0 Å². The average molecular weight is 478 g/mol. The predicted molar refractivity (Wildman–Crippen MR) is 112 cm³/mol. The van der Waals surface area contributed by atoms with Crippen molar-refractivity contribution in [3.8, 4) is 5.75 Å². The quantitative estimate of drug-likeness (QED) is 0.350. The van der Waals surface area contributed by atoms with Crippen molar-refractivity contribution in [1.29, 1.82) is 0 Å². The van der Waals surface area contributed by atoms with Crippen molar-refractivity contribution in [1.82, 2.24) is 0 Å². The zero-order chi connectivity index (χ0) is 22.1. The fraction of sp³-hybridized carbons (Fsp3) is 0.190. The van der Waals surface area contributed by atoms with Crippen molar-refractivity contribution in [2.75, 3.05) is 26.6 Å². The number of halogens is 1. The lowest BCUT2D eigenvalue weighted by molar-refractivity contribution is -0.138. The Labute approximate surface area is 181 Å². The van der Waals surface area contributed by atoms with Crippen LogP contribution < -0.4 is 10.1 Å². The normalized spacial score (nSPS) is 10.7. The summed E-state index contributed by atoms with van der Waals surface area (Å²) < 4.78 is 20.3. The Hall–Kier alpha value is -3.33. The third-order valence-electron chi connectivity index (χ3n) is 3.84. The molecule has 0 radical (unpaired) electrons. The van der Waals surface area contributed by atoms with Crippen LogP contribution in [0.5, 0.6) is 5.75 Å².